The summed E-state index contributed by atoms with van der Waals surface area (Å²) in [5.74, 6) is 1.76. The molecule has 6 rings (SSSR count). The molecule has 0 unspecified atom stereocenters. The number of fused-ring (bicyclic) bond motifs is 2. The summed E-state index contributed by atoms with van der Waals surface area (Å²) in [5, 5.41) is 2.29. The Bertz CT molecular complexity index is 2250. The Morgan fingerprint density at radius 2 is 1.48 bits per heavy atom. The van der Waals surface area contributed by atoms with Gasteiger partial charge in [-0.1, -0.05) is 65.9 Å². The summed E-state index contributed by atoms with van der Waals surface area (Å²) in [6.45, 7) is 11.1. The van der Waals surface area contributed by atoms with Gasteiger partial charge in [-0.25, -0.2) is 9.79 Å². The van der Waals surface area contributed by atoms with Crippen molar-refractivity contribution < 1.29 is 28.5 Å². The molecule has 1 atom stereocenters. The van der Waals surface area contributed by atoms with Gasteiger partial charge in [0.2, 0.25) is 0 Å². The number of nitrogens with zero attached hydrogens (tertiary/aromatic N) is 2. The van der Waals surface area contributed by atoms with Crippen molar-refractivity contribution in [2.45, 2.75) is 47.3 Å². The van der Waals surface area contributed by atoms with Crippen molar-refractivity contribution in [2.75, 3.05) is 26.4 Å². The number of ether oxygens (including phenoxy) is 5. The average Bonchev–Trinajstić information content (AvgIpc) is 3.41. The molecule has 258 valence electrons. The monoisotopic (exact) mass is 692 g/mol. The first-order chi connectivity index (χ1) is 24.4. The van der Waals surface area contributed by atoms with E-state index in [0.29, 0.717) is 75.6 Å². The lowest BCUT2D eigenvalue weighted by Crippen LogP contribution is -2.40. The first-order valence-electron chi connectivity index (χ1n) is 16.8. The van der Waals surface area contributed by atoms with Crippen molar-refractivity contribution in [1.29, 1.82) is 0 Å². The zero-order valence-corrected chi connectivity index (χ0v) is 29.7. The largest absolute Gasteiger partial charge is 0.490 e. The Kier molecular flexibility index (Phi) is 10.7. The summed E-state index contributed by atoms with van der Waals surface area (Å²) in [6.07, 6.45) is 1.81. The summed E-state index contributed by atoms with van der Waals surface area (Å²) in [5.41, 5.74) is 3.00. The quantitative estimate of drug-likeness (QED) is 0.126. The average molecular weight is 693 g/mol. The normalized spacial score (nSPS) is 14.3. The van der Waals surface area contributed by atoms with Gasteiger partial charge in [-0.15, -0.1) is 0 Å². The van der Waals surface area contributed by atoms with Crippen LogP contribution in [0.4, 0.5) is 0 Å². The Balaban J connectivity index is 1.40. The highest BCUT2D eigenvalue weighted by Gasteiger charge is 2.34. The van der Waals surface area contributed by atoms with Gasteiger partial charge in [0, 0.05) is 0 Å². The smallest absolute Gasteiger partial charge is 0.338 e. The maximum Gasteiger partial charge on any atom is 0.338 e. The number of hydrogen-bond donors (Lipinski definition) is 0. The molecule has 0 fully saturated rings. The summed E-state index contributed by atoms with van der Waals surface area (Å²) in [7, 11) is 0. The van der Waals surface area contributed by atoms with E-state index in [1.807, 2.05) is 75.4 Å². The van der Waals surface area contributed by atoms with E-state index in [4.69, 9.17) is 28.7 Å². The highest BCUT2D eigenvalue weighted by Crippen LogP contribution is 2.37. The van der Waals surface area contributed by atoms with E-state index >= 15 is 0 Å². The van der Waals surface area contributed by atoms with Gasteiger partial charge in [0.25, 0.3) is 5.56 Å². The predicted molar refractivity (Wildman–Crippen MR) is 195 cm³/mol. The van der Waals surface area contributed by atoms with Gasteiger partial charge in [0.05, 0.1) is 48.3 Å². The third-order valence-corrected chi connectivity index (χ3v) is 9.21. The van der Waals surface area contributed by atoms with E-state index in [2.05, 4.69) is 24.3 Å². The van der Waals surface area contributed by atoms with E-state index in [1.165, 1.54) is 11.3 Å². The molecule has 0 radical (unpaired) electrons. The maximum absolute atomic E-state index is 14.3. The number of rotatable bonds is 13. The second-order valence-electron chi connectivity index (χ2n) is 11.4. The van der Waals surface area contributed by atoms with Crippen LogP contribution in [0.25, 0.3) is 16.8 Å². The first kappa shape index (κ1) is 34.5. The lowest BCUT2D eigenvalue weighted by atomic mass is 9.95. The van der Waals surface area contributed by atoms with Crippen LogP contribution in [-0.4, -0.2) is 37.0 Å². The number of carbonyl (C=O) groups excluding carboxylic acids is 1. The molecule has 10 heteroatoms. The maximum atomic E-state index is 14.3. The SMILES string of the molecule is CCOC(=O)C1=C(C)N=c2s/c(=C\c3ccc(OCc4cccc5ccccc45)c(OCC)c3)c(=O)n2[C@@H]1c1ccc(OCC)c(OCC)c1. The molecule has 0 amide bonds. The molecule has 0 spiro atoms. The second-order valence-corrected chi connectivity index (χ2v) is 12.4. The molecule has 4 aromatic carbocycles. The molecule has 0 bridgehead atoms. The van der Waals surface area contributed by atoms with Crippen LogP contribution < -0.4 is 33.8 Å². The molecule has 1 aliphatic heterocycles. The Morgan fingerprint density at radius 1 is 0.800 bits per heavy atom. The topological polar surface area (TPSA) is 97.6 Å². The van der Waals surface area contributed by atoms with Crippen molar-refractivity contribution >= 4 is 34.2 Å². The fourth-order valence-electron chi connectivity index (χ4n) is 6.07. The molecular formula is C40H40N2O7S. The molecule has 0 N–H and O–H groups in total. The number of carbonyl (C=O) groups is 1. The summed E-state index contributed by atoms with van der Waals surface area (Å²) < 4.78 is 31.4. The molecule has 1 aromatic heterocycles. The van der Waals surface area contributed by atoms with Crippen LogP contribution in [0.1, 0.15) is 57.4 Å². The lowest BCUT2D eigenvalue weighted by Gasteiger charge is -2.25. The number of aromatic nitrogens is 1. The van der Waals surface area contributed by atoms with Gasteiger partial charge < -0.3 is 23.7 Å². The molecular weight excluding hydrogens is 653 g/mol. The Hall–Kier alpha value is -5.35. The zero-order valence-electron chi connectivity index (χ0n) is 28.9. The fourth-order valence-corrected chi connectivity index (χ4v) is 7.12. The van der Waals surface area contributed by atoms with Crippen LogP contribution in [0.5, 0.6) is 23.0 Å². The summed E-state index contributed by atoms with van der Waals surface area (Å²) >= 11 is 1.26. The lowest BCUT2D eigenvalue weighted by molar-refractivity contribution is -0.139. The fraction of sp³-hybridized carbons (Fsp3) is 0.275. The van der Waals surface area contributed by atoms with E-state index in [0.717, 1.165) is 21.9 Å². The highest BCUT2D eigenvalue weighted by atomic mass is 32.1. The van der Waals surface area contributed by atoms with Crippen molar-refractivity contribution in [3.05, 3.63) is 127 Å². The zero-order chi connectivity index (χ0) is 35.2. The Morgan fingerprint density at radius 3 is 2.24 bits per heavy atom. The number of esters is 1. The summed E-state index contributed by atoms with van der Waals surface area (Å²) in [6, 6.07) is 24.7. The minimum atomic E-state index is -0.786. The standard InChI is InChI=1S/C40H40N2O7S/c1-6-45-31-20-18-28(23-34(31)47-8-3)37-36(39(44)48-9-4)25(5)41-40-42(37)38(43)35(50-40)22-26-17-19-32(33(21-26)46-7-2)49-24-29-15-12-14-27-13-10-11-16-30(27)29/h10-23,37H,6-9,24H2,1-5H3/b35-22-/t37-/m1/s1. The molecule has 50 heavy (non-hydrogen) atoms. The van der Waals surface area contributed by atoms with Crippen LogP contribution in [0, 0.1) is 0 Å². The van der Waals surface area contributed by atoms with Crippen molar-refractivity contribution in [3.63, 3.8) is 0 Å². The van der Waals surface area contributed by atoms with Crippen molar-refractivity contribution in [2.24, 2.45) is 4.99 Å². The van der Waals surface area contributed by atoms with Gasteiger partial charge in [-0.05, 0) is 92.4 Å². The third kappa shape index (κ3) is 7.02. The third-order valence-electron chi connectivity index (χ3n) is 8.23. The summed E-state index contributed by atoms with van der Waals surface area (Å²) in [4.78, 5) is 32.8. The minimum absolute atomic E-state index is 0.185. The van der Waals surface area contributed by atoms with Crippen LogP contribution >= 0.6 is 11.3 Å². The predicted octanol–water partition coefficient (Wildman–Crippen LogP) is 6.73. The number of benzene rings is 4. The van der Waals surface area contributed by atoms with Crippen molar-refractivity contribution in [1.82, 2.24) is 4.57 Å². The van der Waals surface area contributed by atoms with Crippen LogP contribution in [-0.2, 0) is 16.1 Å². The Labute approximate surface area is 294 Å². The van der Waals surface area contributed by atoms with Gasteiger partial charge >= 0.3 is 5.97 Å². The minimum Gasteiger partial charge on any atom is -0.490 e. The van der Waals surface area contributed by atoms with Gasteiger partial charge in [-0.3, -0.25) is 9.36 Å². The van der Waals surface area contributed by atoms with Crippen molar-refractivity contribution in [3.8, 4) is 23.0 Å². The second kappa shape index (κ2) is 15.5. The molecule has 0 aliphatic carbocycles. The van der Waals surface area contributed by atoms with Crippen LogP contribution in [0.3, 0.4) is 0 Å². The molecule has 2 heterocycles. The van der Waals surface area contributed by atoms with Crippen LogP contribution in [0.15, 0.2) is 99.9 Å². The first-order valence-corrected chi connectivity index (χ1v) is 17.6. The molecule has 1 aliphatic rings. The van der Waals surface area contributed by atoms with Gasteiger partial charge in [-0.2, -0.15) is 0 Å². The highest BCUT2D eigenvalue weighted by molar-refractivity contribution is 7.07. The van der Waals surface area contributed by atoms with E-state index in [9.17, 15) is 9.59 Å². The van der Waals surface area contributed by atoms with Crippen LogP contribution in [0.2, 0.25) is 0 Å². The molecule has 0 saturated carbocycles. The molecule has 0 saturated heterocycles. The number of allylic oxidation sites excluding steroid dienone is 1. The van der Waals surface area contributed by atoms with Gasteiger partial charge in [0.15, 0.2) is 27.8 Å². The molecule has 5 aromatic rings. The number of hydrogen-bond acceptors (Lipinski definition) is 9. The van der Waals surface area contributed by atoms with E-state index in [1.54, 1.807) is 24.5 Å². The van der Waals surface area contributed by atoms with E-state index < -0.39 is 12.0 Å². The van der Waals surface area contributed by atoms with Gasteiger partial charge in [0.1, 0.15) is 6.61 Å². The number of thiazole rings is 1. The molecule has 9 nitrogen and oxygen atoms in total. The van der Waals surface area contributed by atoms with E-state index in [-0.39, 0.29) is 12.2 Å².